The molecule has 1 aliphatic carbocycles. The summed E-state index contributed by atoms with van der Waals surface area (Å²) >= 11 is 0. The maximum Gasteiger partial charge on any atom is 0.179 e. The van der Waals surface area contributed by atoms with Crippen LogP contribution in [0.4, 0.5) is 0 Å². The minimum Gasteiger partial charge on any atom is -0.392 e. The van der Waals surface area contributed by atoms with E-state index in [9.17, 15) is 5.11 Å². The van der Waals surface area contributed by atoms with Crippen molar-refractivity contribution >= 4 is 0 Å². The Kier molecular flexibility index (Phi) is 1.61. The van der Waals surface area contributed by atoms with Gasteiger partial charge in [0.15, 0.2) is 5.66 Å². The number of benzene rings is 1. The minimum absolute atomic E-state index is 0.0121. The zero-order chi connectivity index (χ0) is 10.5. The molecule has 15 heavy (non-hydrogen) atoms. The fourth-order valence-corrected chi connectivity index (χ4v) is 2.20. The molecule has 78 valence electrons. The average molecular weight is 202 g/mol. The van der Waals surface area contributed by atoms with Crippen LogP contribution in [0.25, 0.3) is 0 Å². The van der Waals surface area contributed by atoms with E-state index in [0.717, 1.165) is 23.6 Å². The Morgan fingerprint density at radius 3 is 2.13 bits per heavy atom. The van der Waals surface area contributed by atoms with Gasteiger partial charge in [-0.15, -0.1) is 0 Å². The van der Waals surface area contributed by atoms with Gasteiger partial charge in [0.05, 0.1) is 17.3 Å². The number of nitrogens with zero attached hydrogens (tertiary/aromatic N) is 2. The molecule has 1 heterocycles. The van der Waals surface area contributed by atoms with Gasteiger partial charge in [-0.05, 0) is 25.0 Å². The lowest BCUT2D eigenvalue weighted by Crippen LogP contribution is -2.37. The molecule has 1 aliphatic heterocycles. The number of hydrogen-bond acceptors (Lipinski definition) is 3. The summed E-state index contributed by atoms with van der Waals surface area (Å²) in [7, 11) is 0. The number of fused-ring (bicyclic) bond motifs is 1. The highest BCUT2D eigenvalue weighted by molar-refractivity contribution is 5.16. The van der Waals surface area contributed by atoms with E-state index >= 15 is 0 Å². The van der Waals surface area contributed by atoms with E-state index in [2.05, 4.69) is 16.9 Å². The number of rotatable bonds is 2. The summed E-state index contributed by atoms with van der Waals surface area (Å²) in [6.45, 7) is 2.17. The normalized spacial score (nSPS) is 23.9. The van der Waals surface area contributed by atoms with E-state index in [4.69, 9.17) is 0 Å². The Bertz CT molecular complexity index is 482. The van der Waals surface area contributed by atoms with Crippen molar-refractivity contribution in [2.45, 2.75) is 25.4 Å². The fourth-order valence-electron chi connectivity index (χ4n) is 2.20. The van der Waals surface area contributed by atoms with Crippen molar-refractivity contribution in [1.29, 1.82) is 0 Å². The van der Waals surface area contributed by atoms with E-state index in [0.29, 0.717) is 0 Å². The Labute approximate surface area is 88.2 Å². The monoisotopic (exact) mass is 202 g/mol. The third-order valence-corrected chi connectivity index (χ3v) is 3.68. The van der Waals surface area contributed by atoms with Crippen LogP contribution in [0.1, 0.15) is 19.8 Å². The third kappa shape index (κ3) is 1.10. The van der Waals surface area contributed by atoms with Crippen molar-refractivity contribution in [1.82, 2.24) is 0 Å². The molecular formula is C12H14N2O. The molecule has 1 aromatic carbocycles. The van der Waals surface area contributed by atoms with E-state index in [-0.39, 0.29) is 12.0 Å². The molecule has 1 saturated carbocycles. The Morgan fingerprint density at radius 1 is 1.20 bits per heavy atom. The first-order valence-corrected chi connectivity index (χ1v) is 5.35. The van der Waals surface area contributed by atoms with Crippen LogP contribution in [-0.2, 0) is 0 Å². The molecule has 0 atom stereocenters. The molecule has 0 bridgehead atoms. The molecule has 1 aromatic rings. The molecule has 1 fully saturated rings. The number of hydrogen-bond donors (Lipinski definition) is 1. The summed E-state index contributed by atoms with van der Waals surface area (Å²) in [4.78, 5) is 9.24. The summed E-state index contributed by atoms with van der Waals surface area (Å²) in [5, 5.41) is 11.4. The van der Waals surface area contributed by atoms with Gasteiger partial charge in [0.25, 0.3) is 0 Å². The Morgan fingerprint density at radius 2 is 1.73 bits per heavy atom. The Balaban J connectivity index is 2.22. The van der Waals surface area contributed by atoms with Crippen molar-refractivity contribution in [3.8, 4) is 0 Å². The van der Waals surface area contributed by atoms with Gasteiger partial charge in [-0.2, -0.15) is 0 Å². The van der Waals surface area contributed by atoms with Crippen molar-refractivity contribution in [3.05, 3.63) is 35.0 Å². The second kappa shape index (κ2) is 2.67. The minimum atomic E-state index is -0.601. The lowest BCUT2D eigenvalue weighted by atomic mass is 9.93. The zero-order valence-corrected chi connectivity index (χ0v) is 8.77. The molecule has 0 spiro atoms. The third-order valence-electron chi connectivity index (χ3n) is 3.68. The first-order chi connectivity index (χ1) is 7.19. The van der Waals surface area contributed by atoms with Crippen molar-refractivity contribution in [3.63, 3.8) is 0 Å². The number of aliphatic hydroxyl groups excluding tert-OH is 1. The molecule has 0 unspecified atom stereocenters. The molecule has 3 nitrogen and oxygen atoms in total. The molecule has 0 amide bonds. The average Bonchev–Trinajstić information content (AvgIpc) is 2.89. The lowest BCUT2D eigenvalue weighted by Gasteiger charge is -2.27. The molecular weight excluding hydrogens is 188 g/mol. The van der Waals surface area contributed by atoms with E-state index in [1.807, 2.05) is 24.3 Å². The van der Waals surface area contributed by atoms with Crippen LogP contribution in [0.15, 0.2) is 34.3 Å². The van der Waals surface area contributed by atoms with Gasteiger partial charge in [0, 0.05) is 5.41 Å². The molecule has 2 aliphatic rings. The predicted molar refractivity (Wildman–Crippen MR) is 55.9 cm³/mol. The van der Waals surface area contributed by atoms with Crippen LogP contribution < -0.4 is 10.7 Å². The quantitative estimate of drug-likeness (QED) is 0.742. The molecule has 0 saturated heterocycles. The van der Waals surface area contributed by atoms with Crippen LogP contribution in [0.2, 0.25) is 0 Å². The fraction of sp³-hybridized carbons (Fsp3) is 0.500. The second-order valence-electron chi connectivity index (χ2n) is 4.75. The predicted octanol–water partition coefficient (Wildman–Crippen LogP) is 0.428. The summed E-state index contributed by atoms with van der Waals surface area (Å²) < 4.78 is 0. The van der Waals surface area contributed by atoms with Crippen LogP contribution >= 0.6 is 0 Å². The lowest BCUT2D eigenvalue weighted by molar-refractivity contribution is 0.142. The van der Waals surface area contributed by atoms with Gasteiger partial charge < -0.3 is 5.11 Å². The topological polar surface area (TPSA) is 45.0 Å². The number of para-hydroxylation sites is 2. The molecule has 3 heteroatoms. The zero-order valence-electron chi connectivity index (χ0n) is 8.77. The van der Waals surface area contributed by atoms with Gasteiger partial charge in [0.2, 0.25) is 0 Å². The van der Waals surface area contributed by atoms with Crippen LogP contribution in [0.5, 0.6) is 0 Å². The first-order valence-electron chi connectivity index (χ1n) is 5.35. The summed E-state index contributed by atoms with van der Waals surface area (Å²) in [6, 6.07) is 7.84. The van der Waals surface area contributed by atoms with Crippen molar-refractivity contribution < 1.29 is 5.11 Å². The van der Waals surface area contributed by atoms with Crippen molar-refractivity contribution in [2.75, 3.05) is 6.61 Å². The number of aliphatic hydroxyl groups is 1. The van der Waals surface area contributed by atoms with Crippen molar-refractivity contribution in [2.24, 2.45) is 15.4 Å². The van der Waals surface area contributed by atoms with Gasteiger partial charge in [-0.25, -0.2) is 0 Å². The van der Waals surface area contributed by atoms with Crippen LogP contribution in [-0.4, -0.2) is 17.4 Å². The van der Waals surface area contributed by atoms with Crippen LogP contribution in [0.3, 0.4) is 0 Å². The maximum absolute atomic E-state index is 9.58. The first kappa shape index (κ1) is 9.04. The van der Waals surface area contributed by atoms with Crippen LogP contribution in [0, 0.1) is 5.41 Å². The second-order valence-corrected chi connectivity index (χ2v) is 4.75. The van der Waals surface area contributed by atoms with E-state index in [1.54, 1.807) is 0 Å². The van der Waals surface area contributed by atoms with Gasteiger partial charge in [-0.3, -0.25) is 9.98 Å². The molecule has 1 N–H and O–H groups in total. The Hall–Kier alpha value is -1.22. The molecule has 0 radical (unpaired) electrons. The van der Waals surface area contributed by atoms with E-state index < -0.39 is 5.66 Å². The smallest absolute Gasteiger partial charge is 0.179 e. The van der Waals surface area contributed by atoms with Gasteiger partial charge in [-0.1, -0.05) is 19.1 Å². The molecule has 3 rings (SSSR count). The van der Waals surface area contributed by atoms with Gasteiger partial charge in [0.1, 0.15) is 0 Å². The van der Waals surface area contributed by atoms with E-state index in [1.165, 1.54) is 0 Å². The summed E-state index contributed by atoms with van der Waals surface area (Å²) in [6.07, 6.45) is 2.21. The summed E-state index contributed by atoms with van der Waals surface area (Å²) in [5.74, 6) is 0. The molecule has 0 aromatic heterocycles. The highest BCUT2D eigenvalue weighted by Gasteiger charge is 2.57. The summed E-state index contributed by atoms with van der Waals surface area (Å²) in [5.41, 5.74) is -0.530. The standard InChI is InChI=1S/C12H14N2O/c1-11(6-7-11)12(8-15)13-9-4-2-3-5-10(9)14-12/h2-5,15H,6-8H2,1H3. The van der Waals surface area contributed by atoms with Gasteiger partial charge >= 0.3 is 0 Å². The largest absolute Gasteiger partial charge is 0.392 e. The highest BCUT2D eigenvalue weighted by Crippen LogP contribution is 2.55. The highest BCUT2D eigenvalue weighted by atomic mass is 16.3. The maximum atomic E-state index is 9.58. The SMILES string of the molecule is CC1(C2(CO)N=c3ccccc3=N2)CC1.